The summed E-state index contributed by atoms with van der Waals surface area (Å²) < 4.78 is 2.54. The first-order valence-electron chi connectivity index (χ1n) is 17.0. The lowest BCUT2D eigenvalue weighted by molar-refractivity contribution is 0.796. The molecule has 0 saturated carbocycles. The van der Waals surface area contributed by atoms with Gasteiger partial charge in [0.2, 0.25) is 0 Å². The Hall–Kier alpha value is -5.07. The SMILES string of the molecule is CCCCc1ccccc1-c1cc2c3c(=O)n(-c4cccc(C)c4)c(=O)c3c3cc(-c4ccccc4I)c4ccc5ccc1c1c5c4c3c21. The van der Waals surface area contributed by atoms with Crippen molar-refractivity contribution in [2.24, 2.45) is 0 Å². The van der Waals surface area contributed by atoms with E-state index in [1.807, 2.05) is 31.2 Å². The van der Waals surface area contributed by atoms with Crippen molar-refractivity contribution in [3.05, 3.63) is 145 Å². The molecule has 10 aromatic rings. The normalized spacial score (nSPS) is 12.4. The monoisotopic (exact) mass is 743 g/mol. The summed E-state index contributed by atoms with van der Waals surface area (Å²) in [6.45, 7) is 4.22. The number of rotatable bonds is 6. The van der Waals surface area contributed by atoms with Gasteiger partial charge in [-0.2, -0.15) is 0 Å². The van der Waals surface area contributed by atoms with Crippen molar-refractivity contribution in [2.45, 2.75) is 33.1 Å². The molecule has 234 valence electrons. The highest BCUT2D eigenvalue weighted by molar-refractivity contribution is 14.1. The van der Waals surface area contributed by atoms with Crippen LogP contribution in [-0.2, 0) is 6.42 Å². The Morgan fingerprint density at radius 2 is 1.14 bits per heavy atom. The van der Waals surface area contributed by atoms with Gasteiger partial charge >= 0.3 is 0 Å². The fraction of sp³-hybridized carbons (Fsp3) is 0.111. The highest BCUT2D eigenvalue weighted by atomic mass is 127. The van der Waals surface area contributed by atoms with Crippen molar-refractivity contribution < 1.29 is 0 Å². The van der Waals surface area contributed by atoms with Crippen molar-refractivity contribution in [1.29, 1.82) is 0 Å². The molecule has 0 spiro atoms. The minimum atomic E-state index is -0.256. The molecule has 0 unspecified atom stereocenters. The van der Waals surface area contributed by atoms with E-state index in [1.54, 1.807) is 0 Å². The van der Waals surface area contributed by atoms with Gasteiger partial charge in [0.05, 0.1) is 16.5 Å². The van der Waals surface area contributed by atoms with E-state index < -0.39 is 0 Å². The second kappa shape index (κ2) is 10.5. The first kappa shape index (κ1) is 28.9. The molecule has 0 amide bonds. The third-order valence-electron chi connectivity index (χ3n) is 10.8. The number of aromatic nitrogens is 1. The van der Waals surface area contributed by atoms with Gasteiger partial charge in [-0.05, 0) is 160 Å². The van der Waals surface area contributed by atoms with Gasteiger partial charge in [0.15, 0.2) is 0 Å². The van der Waals surface area contributed by atoms with Gasteiger partial charge in [0.25, 0.3) is 11.1 Å². The molecule has 0 fully saturated rings. The van der Waals surface area contributed by atoms with E-state index in [2.05, 4.69) is 114 Å². The van der Waals surface area contributed by atoms with Crippen LogP contribution in [0.4, 0.5) is 0 Å². The largest absolute Gasteiger partial charge is 0.268 e. The molecule has 0 aliphatic carbocycles. The van der Waals surface area contributed by atoms with Gasteiger partial charge in [-0.3, -0.25) is 9.59 Å². The quantitative estimate of drug-likeness (QED) is 0.126. The Bertz CT molecular complexity index is 3050. The van der Waals surface area contributed by atoms with Crippen LogP contribution in [0.2, 0.25) is 0 Å². The molecule has 0 N–H and O–H groups in total. The van der Waals surface area contributed by atoms with Crippen LogP contribution in [0.5, 0.6) is 0 Å². The van der Waals surface area contributed by atoms with Crippen molar-refractivity contribution in [3.63, 3.8) is 0 Å². The number of fused-ring (bicyclic) bond motifs is 3. The van der Waals surface area contributed by atoms with Crippen molar-refractivity contribution in [3.8, 4) is 27.9 Å². The van der Waals surface area contributed by atoms with E-state index in [0.717, 1.165) is 66.6 Å². The second-order valence-electron chi connectivity index (χ2n) is 13.5. The van der Waals surface area contributed by atoms with Gasteiger partial charge in [-0.1, -0.05) is 92.2 Å². The average Bonchev–Trinajstić information content (AvgIpc) is 3.61. The Balaban J connectivity index is 1.49. The fourth-order valence-electron chi connectivity index (χ4n) is 8.68. The summed E-state index contributed by atoms with van der Waals surface area (Å²) in [5.74, 6) is 0. The van der Waals surface area contributed by atoms with Gasteiger partial charge in [-0.25, -0.2) is 4.57 Å². The molecule has 0 bridgehead atoms. The molecule has 49 heavy (non-hydrogen) atoms. The van der Waals surface area contributed by atoms with E-state index in [4.69, 9.17) is 0 Å². The molecule has 0 aliphatic rings. The van der Waals surface area contributed by atoms with Crippen LogP contribution in [0.25, 0.3) is 92.6 Å². The lowest BCUT2D eigenvalue weighted by Gasteiger charge is -2.15. The highest BCUT2D eigenvalue weighted by Gasteiger charge is 2.30. The number of hydrogen-bond acceptors (Lipinski definition) is 2. The zero-order valence-electron chi connectivity index (χ0n) is 27.2. The van der Waals surface area contributed by atoms with Crippen molar-refractivity contribution in [1.82, 2.24) is 4.57 Å². The molecule has 0 aliphatic heterocycles. The van der Waals surface area contributed by atoms with E-state index in [1.165, 1.54) is 48.0 Å². The molecule has 0 atom stereocenters. The number of aryl methyl sites for hydroxylation is 2. The maximum atomic E-state index is 14.8. The van der Waals surface area contributed by atoms with Crippen LogP contribution >= 0.6 is 22.6 Å². The summed E-state index contributed by atoms with van der Waals surface area (Å²) in [5.41, 5.74) is 6.93. The molecule has 10 rings (SSSR count). The van der Waals surface area contributed by atoms with E-state index >= 15 is 0 Å². The lowest BCUT2D eigenvalue weighted by atomic mass is 9.87. The number of nitrogens with zero attached hydrogens (tertiary/aromatic N) is 1. The second-order valence-corrected chi connectivity index (χ2v) is 14.7. The minimum Gasteiger partial charge on any atom is -0.268 e. The van der Waals surface area contributed by atoms with Crippen molar-refractivity contribution in [2.75, 3.05) is 0 Å². The van der Waals surface area contributed by atoms with Gasteiger partial charge in [0.1, 0.15) is 0 Å². The van der Waals surface area contributed by atoms with Gasteiger partial charge < -0.3 is 0 Å². The summed E-state index contributed by atoms with van der Waals surface area (Å²) in [4.78, 5) is 29.6. The third kappa shape index (κ3) is 3.84. The van der Waals surface area contributed by atoms with E-state index in [9.17, 15) is 9.59 Å². The number of benzene rings is 8. The maximum absolute atomic E-state index is 14.8. The summed E-state index contributed by atoms with van der Waals surface area (Å²) in [6, 6.07) is 38.3. The predicted octanol–water partition coefficient (Wildman–Crippen LogP) is 11.5. The summed E-state index contributed by atoms with van der Waals surface area (Å²) in [6.07, 6.45) is 3.20. The molecular weight excluding hydrogens is 713 g/mol. The topological polar surface area (TPSA) is 39.1 Å². The van der Waals surface area contributed by atoms with Crippen LogP contribution in [0.3, 0.4) is 0 Å². The fourth-order valence-corrected chi connectivity index (χ4v) is 9.36. The molecular formula is C45H30INO2. The standard InChI is InChI=1S/C45H30INO2/c1-3-4-11-25-12-5-6-14-28(25)32-22-34-40-38-30(32)19-17-26-18-20-31-33(29-15-7-8-16-36(29)46)23-35(41(40)39(31)37(26)38)43-42(34)44(48)47(45(43)49)27-13-9-10-24(2)21-27/h5-10,12-23H,3-4,11H2,1-2H3. The molecule has 0 radical (unpaired) electrons. The first-order chi connectivity index (χ1) is 24.0. The van der Waals surface area contributed by atoms with Crippen LogP contribution in [-0.4, -0.2) is 4.57 Å². The maximum Gasteiger partial charge on any atom is 0.266 e. The van der Waals surface area contributed by atoms with Crippen LogP contribution in [0.1, 0.15) is 30.9 Å². The summed E-state index contributed by atoms with van der Waals surface area (Å²) in [5, 5.41) is 12.1. The minimum absolute atomic E-state index is 0.254. The Kier molecular flexibility index (Phi) is 6.17. The lowest BCUT2D eigenvalue weighted by Crippen LogP contribution is -2.23. The number of unbranched alkanes of at least 4 members (excludes halogenated alkanes) is 1. The first-order valence-corrected chi connectivity index (χ1v) is 18.1. The van der Waals surface area contributed by atoms with Crippen LogP contribution in [0, 0.1) is 10.5 Å². The number of halogens is 1. The molecule has 1 heterocycles. The zero-order chi connectivity index (χ0) is 33.1. The average molecular weight is 744 g/mol. The summed E-state index contributed by atoms with van der Waals surface area (Å²) >= 11 is 2.41. The number of hydrogen-bond donors (Lipinski definition) is 0. The van der Waals surface area contributed by atoms with Crippen LogP contribution in [0.15, 0.2) is 119 Å². The molecule has 1 aromatic heterocycles. The summed E-state index contributed by atoms with van der Waals surface area (Å²) in [7, 11) is 0. The van der Waals surface area contributed by atoms with E-state index in [0.29, 0.717) is 16.5 Å². The Morgan fingerprint density at radius 3 is 1.78 bits per heavy atom. The Morgan fingerprint density at radius 1 is 0.551 bits per heavy atom. The Labute approximate surface area is 295 Å². The molecule has 0 saturated heterocycles. The third-order valence-corrected chi connectivity index (χ3v) is 11.7. The highest BCUT2D eigenvalue weighted by Crippen LogP contribution is 2.54. The smallest absolute Gasteiger partial charge is 0.266 e. The van der Waals surface area contributed by atoms with Crippen molar-refractivity contribution >= 4 is 87.2 Å². The molecule has 4 heteroatoms. The van der Waals surface area contributed by atoms with Crippen LogP contribution < -0.4 is 11.1 Å². The van der Waals surface area contributed by atoms with E-state index in [-0.39, 0.29) is 11.1 Å². The van der Waals surface area contributed by atoms with Gasteiger partial charge in [0, 0.05) is 3.57 Å². The molecule has 9 aromatic carbocycles. The predicted molar refractivity (Wildman–Crippen MR) is 215 cm³/mol. The molecule has 3 nitrogen and oxygen atoms in total. The zero-order valence-corrected chi connectivity index (χ0v) is 29.3. The van der Waals surface area contributed by atoms with Gasteiger partial charge in [-0.15, -0.1) is 0 Å².